The summed E-state index contributed by atoms with van der Waals surface area (Å²) in [5.41, 5.74) is 0. The minimum Gasteiger partial charge on any atom is -0.377 e. The molecule has 0 aliphatic carbocycles. The summed E-state index contributed by atoms with van der Waals surface area (Å²) in [6, 6.07) is 0. The van der Waals surface area contributed by atoms with Crippen LogP contribution in [0, 0.1) is 0 Å². The van der Waals surface area contributed by atoms with Gasteiger partial charge in [-0.05, 0) is 0 Å². The molecule has 0 N–H and O–H groups in total. The second-order valence-corrected chi connectivity index (χ2v) is 8.06. The van der Waals surface area contributed by atoms with E-state index in [1.54, 1.807) is 0 Å². The molecule has 0 saturated heterocycles. The largest absolute Gasteiger partial charge is 0.425 e. The van der Waals surface area contributed by atoms with Crippen LogP contribution < -0.4 is 0 Å². The standard InChI is InChI=1S/C22H34F12O7/c1-3-17(23,24)19(27,28)21(31,32)40-15-13-38-11-9-36-7-5-35-6-8-37-10-12-39-14-16-41-22(33,34)20(29,30)18(25,26)4-2/h3-16H2,1-2H3. The molecule has 41 heavy (non-hydrogen) atoms. The Balaban J connectivity index is 3.66. The second-order valence-electron chi connectivity index (χ2n) is 8.06. The Morgan fingerprint density at radius 2 is 0.537 bits per heavy atom. The molecule has 0 unspecified atom stereocenters. The fourth-order valence-corrected chi connectivity index (χ4v) is 2.49. The van der Waals surface area contributed by atoms with Crippen molar-refractivity contribution in [1.82, 2.24) is 0 Å². The van der Waals surface area contributed by atoms with Crippen molar-refractivity contribution in [3.8, 4) is 0 Å². The lowest BCUT2D eigenvalue weighted by Gasteiger charge is -2.31. The third-order valence-corrected chi connectivity index (χ3v) is 5.05. The number of alkyl halides is 12. The summed E-state index contributed by atoms with van der Waals surface area (Å²) in [7, 11) is 0. The topological polar surface area (TPSA) is 64.6 Å². The van der Waals surface area contributed by atoms with Crippen molar-refractivity contribution in [2.24, 2.45) is 0 Å². The van der Waals surface area contributed by atoms with Crippen LogP contribution in [0.1, 0.15) is 26.7 Å². The number of ether oxygens (including phenoxy) is 7. The lowest BCUT2D eigenvalue weighted by atomic mass is 10.1. The molecule has 0 aromatic rings. The third kappa shape index (κ3) is 12.6. The van der Waals surface area contributed by atoms with E-state index in [-0.39, 0.29) is 52.9 Å². The van der Waals surface area contributed by atoms with Gasteiger partial charge in [0.05, 0.1) is 79.3 Å². The van der Waals surface area contributed by atoms with Crippen LogP contribution in [0.15, 0.2) is 0 Å². The van der Waals surface area contributed by atoms with Crippen LogP contribution in [0.3, 0.4) is 0 Å². The molecular weight excluding hydrogens is 604 g/mol. The molecule has 0 aliphatic rings. The van der Waals surface area contributed by atoms with E-state index in [1.165, 1.54) is 0 Å². The third-order valence-electron chi connectivity index (χ3n) is 5.05. The van der Waals surface area contributed by atoms with Crippen molar-refractivity contribution >= 4 is 0 Å². The van der Waals surface area contributed by atoms with Gasteiger partial charge in [0.15, 0.2) is 0 Å². The Morgan fingerprint density at radius 3 is 0.732 bits per heavy atom. The fourth-order valence-electron chi connectivity index (χ4n) is 2.49. The molecule has 0 amide bonds. The van der Waals surface area contributed by atoms with E-state index in [2.05, 4.69) is 9.47 Å². The van der Waals surface area contributed by atoms with Gasteiger partial charge < -0.3 is 33.2 Å². The number of hydrogen-bond donors (Lipinski definition) is 0. The molecule has 0 saturated carbocycles. The van der Waals surface area contributed by atoms with Crippen LogP contribution in [0.2, 0.25) is 0 Å². The molecule has 0 rings (SSSR count). The van der Waals surface area contributed by atoms with Crippen molar-refractivity contribution < 1.29 is 85.8 Å². The number of hydrogen-bond acceptors (Lipinski definition) is 7. The molecule has 7 nitrogen and oxygen atoms in total. The predicted octanol–water partition coefficient (Wildman–Crippen LogP) is 5.65. The van der Waals surface area contributed by atoms with Crippen LogP contribution in [-0.4, -0.2) is 115 Å². The van der Waals surface area contributed by atoms with Crippen LogP contribution in [0.5, 0.6) is 0 Å². The number of rotatable bonds is 26. The molecule has 0 spiro atoms. The van der Waals surface area contributed by atoms with Crippen molar-refractivity contribution in [1.29, 1.82) is 0 Å². The highest BCUT2D eigenvalue weighted by atomic mass is 19.4. The fraction of sp³-hybridized carbons (Fsp3) is 1.00. The normalized spacial score (nSPS) is 14.2. The van der Waals surface area contributed by atoms with Gasteiger partial charge in [-0.15, -0.1) is 0 Å². The Bertz CT molecular complexity index is 644. The van der Waals surface area contributed by atoms with Gasteiger partial charge in [-0.1, -0.05) is 13.8 Å². The van der Waals surface area contributed by atoms with E-state index in [1.807, 2.05) is 0 Å². The molecule has 19 heteroatoms. The monoisotopic (exact) mass is 638 g/mol. The van der Waals surface area contributed by atoms with Gasteiger partial charge in [-0.25, -0.2) is 0 Å². The zero-order chi connectivity index (χ0) is 31.8. The smallest absolute Gasteiger partial charge is 0.377 e. The van der Waals surface area contributed by atoms with Gasteiger partial charge in [0.25, 0.3) is 0 Å². The van der Waals surface area contributed by atoms with Crippen molar-refractivity contribution in [3.05, 3.63) is 0 Å². The quantitative estimate of drug-likeness (QED) is 0.0897. The van der Waals surface area contributed by atoms with Gasteiger partial charge in [0.2, 0.25) is 0 Å². The maximum Gasteiger partial charge on any atom is 0.425 e. The van der Waals surface area contributed by atoms with Crippen molar-refractivity contribution in [2.75, 3.05) is 79.3 Å². The van der Waals surface area contributed by atoms with E-state index < -0.39 is 75.2 Å². The molecule has 248 valence electrons. The molecule has 0 atom stereocenters. The van der Waals surface area contributed by atoms with Crippen LogP contribution in [-0.2, 0) is 33.2 Å². The summed E-state index contributed by atoms with van der Waals surface area (Å²) in [6.07, 6.45) is -13.8. The van der Waals surface area contributed by atoms with E-state index >= 15 is 0 Å². The van der Waals surface area contributed by atoms with Crippen LogP contribution in [0.4, 0.5) is 52.7 Å². The Morgan fingerprint density at radius 1 is 0.341 bits per heavy atom. The molecule has 0 aromatic heterocycles. The lowest BCUT2D eigenvalue weighted by molar-refractivity contribution is -0.399. The first-order valence-corrected chi connectivity index (χ1v) is 12.3. The zero-order valence-electron chi connectivity index (χ0n) is 22.3. The van der Waals surface area contributed by atoms with E-state index in [9.17, 15) is 52.7 Å². The lowest BCUT2D eigenvalue weighted by Crippen LogP contribution is -2.55. The van der Waals surface area contributed by atoms with Gasteiger partial charge >= 0.3 is 35.9 Å². The van der Waals surface area contributed by atoms with E-state index in [4.69, 9.17) is 23.7 Å². The molecule has 0 aliphatic heterocycles. The molecule has 0 heterocycles. The predicted molar refractivity (Wildman–Crippen MR) is 116 cm³/mol. The molecular formula is C22H34F12O7. The first-order valence-electron chi connectivity index (χ1n) is 12.3. The average molecular weight is 638 g/mol. The highest BCUT2D eigenvalue weighted by Crippen LogP contribution is 2.48. The summed E-state index contributed by atoms with van der Waals surface area (Å²) < 4.78 is 190. The molecule has 0 bridgehead atoms. The molecule has 0 fully saturated rings. The van der Waals surface area contributed by atoms with Gasteiger partial charge in [0.1, 0.15) is 0 Å². The Labute approximate surface area is 228 Å². The summed E-state index contributed by atoms with van der Waals surface area (Å²) >= 11 is 0. The average Bonchev–Trinajstić information content (AvgIpc) is 2.89. The summed E-state index contributed by atoms with van der Waals surface area (Å²) in [5, 5.41) is 0. The minimum atomic E-state index is -5.69. The highest BCUT2D eigenvalue weighted by molar-refractivity contribution is 4.91. The van der Waals surface area contributed by atoms with E-state index in [0.717, 1.165) is 0 Å². The van der Waals surface area contributed by atoms with E-state index in [0.29, 0.717) is 13.8 Å². The molecule has 0 aromatic carbocycles. The second kappa shape index (κ2) is 17.9. The maximum absolute atomic E-state index is 13.3. The first kappa shape index (κ1) is 39.9. The highest BCUT2D eigenvalue weighted by Gasteiger charge is 2.72. The SMILES string of the molecule is CCC(F)(F)C(F)(F)C(F)(F)OCCOCCOCCOCCOCCOCCOC(F)(F)C(F)(F)C(F)(F)CC. The maximum atomic E-state index is 13.3. The van der Waals surface area contributed by atoms with Gasteiger partial charge in [-0.3, -0.25) is 0 Å². The van der Waals surface area contributed by atoms with Crippen molar-refractivity contribution in [3.63, 3.8) is 0 Å². The van der Waals surface area contributed by atoms with Crippen LogP contribution >= 0.6 is 0 Å². The molecule has 0 radical (unpaired) electrons. The van der Waals surface area contributed by atoms with Gasteiger partial charge in [0, 0.05) is 12.8 Å². The van der Waals surface area contributed by atoms with Gasteiger partial charge in [-0.2, -0.15) is 52.7 Å². The minimum absolute atomic E-state index is 0.0357. The number of halogens is 12. The first-order chi connectivity index (χ1) is 18.8. The summed E-state index contributed by atoms with van der Waals surface area (Å²) in [5.74, 6) is -21.3. The summed E-state index contributed by atoms with van der Waals surface area (Å²) in [6.45, 7) is -2.06. The Kier molecular flexibility index (Phi) is 17.4. The zero-order valence-corrected chi connectivity index (χ0v) is 22.3. The summed E-state index contributed by atoms with van der Waals surface area (Å²) in [4.78, 5) is 0. The van der Waals surface area contributed by atoms with Crippen LogP contribution in [0.25, 0.3) is 0 Å². The van der Waals surface area contributed by atoms with Crippen molar-refractivity contribution in [2.45, 2.75) is 62.6 Å². The Hall–Kier alpha value is -1.12.